The SMILES string of the molecule is FC(F)(F)Sc1ccc(OCc2csc(N3CCCCC3)n2)cc1. The van der Waals surface area contributed by atoms with Crippen LogP contribution < -0.4 is 9.64 Å². The summed E-state index contributed by atoms with van der Waals surface area (Å²) in [6.45, 7) is 2.41. The third-order valence-corrected chi connectivity index (χ3v) is 5.30. The zero-order valence-corrected chi connectivity index (χ0v) is 14.5. The van der Waals surface area contributed by atoms with E-state index in [1.54, 1.807) is 23.5 Å². The van der Waals surface area contributed by atoms with Crippen molar-refractivity contribution in [2.75, 3.05) is 18.0 Å². The van der Waals surface area contributed by atoms with Gasteiger partial charge in [0.15, 0.2) is 5.13 Å². The van der Waals surface area contributed by atoms with Crippen LogP contribution in [0.3, 0.4) is 0 Å². The Hall–Kier alpha value is -1.41. The van der Waals surface area contributed by atoms with E-state index in [9.17, 15) is 13.2 Å². The van der Waals surface area contributed by atoms with Gasteiger partial charge in [-0.05, 0) is 55.3 Å². The van der Waals surface area contributed by atoms with Crippen molar-refractivity contribution in [2.45, 2.75) is 36.3 Å². The molecule has 0 aliphatic carbocycles. The van der Waals surface area contributed by atoms with E-state index in [2.05, 4.69) is 9.88 Å². The molecule has 3 rings (SSSR count). The first kappa shape index (κ1) is 17.4. The van der Waals surface area contributed by atoms with Crippen molar-refractivity contribution in [2.24, 2.45) is 0 Å². The number of rotatable bonds is 5. The van der Waals surface area contributed by atoms with Crippen molar-refractivity contribution >= 4 is 28.2 Å². The van der Waals surface area contributed by atoms with Crippen molar-refractivity contribution in [1.82, 2.24) is 4.98 Å². The molecule has 0 amide bonds. The van der Waals surface area contributed by atoms with Crippen molar-refractivity contribution < 1.29 is 17.9 Å². The molecule has 1 aliphatic heterocycles. The molecule has 8 heteroatoms. The van der Waals surface area contributed by atoms with Gasteiger partial charge in [0.1, 0.15) is 12.4 Å². The molecular formula is C16H17F3N2OS2. The molecule has 0 bridgehead atoms. The predicted molar refractivity (Wildman–Crippen MR) is 90.9 cm³/mol. The molecule has 0 spiro atoms. The maximum atomic E-state index is 12.3. The molecule has 0 saturated carbocycles. The van der Waals surface area contributed by atoms with Crippen LogP contribution in [0.1, 0.15) is 25.0 Å². The van der Waals surface area contributed by atoms with Crippen LogP contribution in [-0.4, -0.2) is 23.6 Å². The molecule has 2 aromatic rings. The minimum atomic E-state index is -4.27. The molecule has 2 heterocycles. The fourth-order valence-electron chi connectivity index (χ4n) is 2.49. The normalized spacial score (nSPS) is 15.5. The van der Waals surface area contributed by atoms with E-state index in [-0.39, 0.29) is 16.7 Å². The summed E-state index contributed by atoms with van der Waals surface area (Å²) in [5, 5.41) is 2.99. The molecule has 0 radical (unpaired) electrons. The summed E-state index contributed by atoms with van der Waals surface area (Å²) >= 11 is 1.48. The van der Waals surface area contributed by atoms with Crippen LogP contribution in [0.15, 0.2) is 34.5 Å². The summed E-state index contributed by atoms with van der Waals surface area (Å²) < 4.78 is 42.5. The van der Waals surface area contributed by atoms with Gasteiger partial charge in [-0.2, -0.15) is 13.2 Å². The molecule has 3 nitrogen and oxygen atoms in total. The van der Waals surface area contributed by atoms with Crippen LogP contribution in [0.25, 0.3) is 0 Å². The van der Waals surface area contributed by atoms with Gasteiger partial charge in [-0.3, -0.25) is 0 Å². The number of hydrogen-bond acceptors (Lipinski definition) is 5. The second-order valence-electron chi connectivity index (χ2n) is 5.48. The lowest BCUT2D eigenvalue weighted by molar-refractivity contribution is -0.0328. The number of ether oxygens (including phenoxy) is 1. The molecule has 1 fully saturated rings. The van der Waals surface area contributed by atoms with Crippen LogP contribution in [0, 0.1) is 0 Å². The summed E-state index contributed by atoms with van der Waals surface area (Å²) in [7, 11) is 0. The molecule has 1 aromatic carbocycles. The van der Waals surface area contributed by atoms with Gasteiger partial charge in [0.05, 0.1) is 5.69 Å². The average Bonchev–Trinajstić information content (AvgIpc) is 3.03. The largest absolute Gasteiger partial charge is 0.487 e. The van der Waals surface area contributed by atoms with Gasteiger partial charge in [0.2, 0.25) is 0 Å². The Balaban J connectivity index is 1.53. The summed E-state index contributed by atoms with van der Waals surface area (Å²) in [5.74, 6) is 0.536. The van der Waals surface area contributed by atoms with Gasteiger partial charge >= 0.3 is 5.51 Å². The van der Waals surface area contributed by atoms with Gasteiger partial charge < -0.3 is 9.64 Å². The third kappa shape index (κ3) is 5.04. The first-order valence-electron chi connectivity index (χ1n) is 7.67. The lowest BCUT2D eigenvalue weighted by atomic mass is 10.1. The zero-order chi connectivity index (χ0) is 17.0. The van der Waals surface area contributed by atoms with Crippen LogP contribution in [0.2, 0.25) is 0 Å². The monoisotopic (exact) mass is 374 g/mol. The Morgan fingerprint density at radius 2 is 1.83 bits per heavy atom. The number of thiazole rings is 1. The summed E-state index contributed by atoms with van der Waals surface area (Å²) in [4.78, 5) is 7.02. The van der Waals surface area contributed by atoms with E-state index in [0.29, 0.717) is 12.4 Å². The number of nitrogens with zero attached hydrogens (tertiary/aromatic N) is 2. The standard InChI is InChI=1S/C16H17F3N2OS2/c17-16(18,19)24-14-6-4-13(5-7-14)22-10-12-11-23-15(20-12)21-8-2-1-3-9-21/h4-7,11H,1-3,8-10H2. The van der Waals surface area contributed by atoms with E-state index in [0.717, 1.165) is 23.9 Å². The molecule has 1 saturated heterocycles. The van der Waals surface area contributed by atoms with Crippen molar-refractivity contribution in [3.63, 3.8) is 0 Å². The van der Waals surface area contributed by atoms with Crippen molar-refractivity contribution in [3.05, 3.63) is 35.3 Å². The number of benzene rings is 1. The van der Waals surface area contributed by atoms with Gasteiger partial charge in [0.25, 0.3) is 0 Å². The minimum Gasteiger partial charge on any atom is -0.487 e. The van der Waals surface area contributed by atoms with E-state index in [1.165, 1.54) is 31.4 Å². The second kappa shape index (κ2) is 7.65. The van der Waals surface area contributed by atoms with Gasteiger partial charge in [-0.15, -0.1) is 11.3 Å². The molecule has 1 aromatic heterocycles. The fourth-order valence-corrected chi connectivity index (χ4v) is 3.89. The molecule has 130 valence electrons. The van der Waals surface area contributed by atoms with Crippen LogP contribution in [0.5, 0.6) is 5.75 Å². The number of hydrogen-bond donors (Lipinski definition) is 0. The molecule has 1 aliphatic rings. The van der Waals surface area contributed by atoms with E-state index >= 15 is 0 Å². The maximum absolute atomic E-state index is 12.3. The van der Waals surface area contributed by atoms with Gasteiger partial charge in [-0.1, -0.05) is 0 Å². The highest BCUT2D eigenvalue weighted by atomic mass is 32.2. The van der Waals surface area contributed by atoms with Crippen LogP contribution in [-0.2, 0) is 6.61 Å². The van der Waals surface area contributed by atoms with Crippen LogP contribution >= 0.6 is 23.1 Å². The molecule has 0 unspecified atom stereocenters. The van der Waals surface area contributed by atoms with E-state index in [1.807, 2.05) is 5.38 Å². The van der Waals surface area contributed by atoms with E-state index < -0.39 is 5.51 Å². The van der Waals surface area contributed by atoms with E-state index in [4.69, 9.17) is 4.74 Å². The lowest BCUT2D eigenvalue weighted by Gasteiger charge is -2.25. The number of alkyl halides is 3. The minimum absolute atomic E-state index is 0.129. The predicted octanol–water partition coefficient (Wildman–Crippen LogP) is 5.32. The van der Waals surface area contributed by atoms with Crippen LogP contribution in [0.4, 0.5) is 18.3 Å². The number of halogens is 3. The fraction of sp³-hybridized carbons (Fsp3) is 0.438. The van der Waals surface area contributed by atoms with Gasteiger partial charge in [0, 0.05) is 23.4 Å². The molecule has 0 atom stereocenters. The average molecular weight is 374 g/mol. The summed E-state index contributed by atoms with van der Waals surface area (Å²) in [6.07, 6.45) is 3.68. The number of aromatic nitrogens is 1. The Kier molecular flexibility index (Phi) is 5.55. The lowest BCUT2D eigenvalue weighted by Crippen LogP contribution is -2.29. The number of anilines is 1. The number of thioether (sulfide) groups is 1. The van der Waals surface area contributed by atoms with Crippen molar-refractivity contribution in [3.8, 4) is 5.75 Å². The summed E-state index contributed by atoms with van der Waals surface area (Å²) in [6, 6.07) is 5.92. The molecule has 0 N–H and O–H groups in total. The Morgan fingerprint density at radius 3 is 2.50 bits per heavy atom. The highest BCUT2D eigenvalue weighted by Gasteiger charge is 2.29. The Morgan fingerprint density at radius 1 is 1.12 bits per heavy atom. The number of piperidine rings is 1. The molecular weight excluding hydrogens is 357 g/mol. The maximum Gasteiger partial charge on any atom is 0.446 e. The summed E-state index contributed by atoms with van der Waals surface area (Å²) in [5.41, 5.74) is -3.43. The molecule has 24 heavy (non-hydrogen) atoms. The third-order valence-electron chi connectivity index (χ3n) is 3.61. The first-order chi connectivity index (χ1) is 11.5. The zero-order valence-electron chi connectivity index (χ0n) is 12.9. The first-order valence-corrected chi connectivity index (χ1v) is 9.37. The van der Waals surface area contributed by atoms with Crippen molar-refractivity contribution in [1.29, 1.82) is 0 Å². The quantitative estimate of drug-likeness (QED) is 0.661. The Labute approximate surface area is 146 Å². The topological polar surface area (TPSA) is 25.4 Å². The Bertz CT molecular complexity index is 652. The highest BCUT2D eigenvalue weighted by Crippen LogP contribution is 2.37. The highest BCUT2D eigenvalue weighted by molar-refractivity contribution is 8.00. The second-order valence-corrected chi connectivity index (χ2v) is 7.45. The van der Waals surface area contributed by atoms with Gasteiger partial charge in [-0.25, -0.2) is 4.98 Å². The smallest absolute Gasteiger partial charge is 0.446 e.